The number of benzene rings is 3. The Labute approximate surface area is 198 Å². The van der Waals surface area contributed by atoms with Gasteiger partial charge < -0.3 is 10.1 Å². The van der Waals surface area contributed by atoms with E-state index in [1.54, 1.807) is 54.6 Å². The molecule has 34 heavy (non-hydrogen) atoms. The summed E-state index contributed by atoms with van der Waals surface area (Å²) in [4.78, 5) is 39.5. The first-order chi connectivity index (χ1) is 16.5. The summed E-state index contributed by atoms with van der Waals surface area (Å²) in [5.74, 6) is 0.500. The van der Waals surface area contributed by atoms with Gasteiger partial charge in [0, 0.05) is 11.6 Å². The summed E-state index contributed by atoms with van der Waals surface area (Å²) in [7, 11) is 0. The summed E-state index contributed by atoms with van der Waals surface area (Å²) in [5.41, 5.74) is 3.00. The van der Waals surface area contributed by atoms with Gasteiger partial charge in [0.2, 0.25) is 5.91 Å². The molecular weight excluding hydrogens is 428 g/mol. The summed E-state index contributed by atoms with van der Waals surface area (Å²) in [6, 6.07) is 19.3. The SMILES string of the molecule is Cc1ccc(N2C(=O)c3ccc(Oc4ccc(NC(=O)C5CCCCC5)cc4)cc3C2=O)cc1. The van der Waals surface area contributed by atoms with E-state index in [2.05, 4.69) is 5.32 Å². The Bertz CT molecular complexity index is 1240. The molecule has 0 radical (unpaired) electrons. The predicted octanol–water partition coefficient (Wildman–Crippen LogP) is 6.11. The second kappa shape index (κ2) is 9.14. The van der Waals surface area contributed by atoms with Crippen LogP contribution in [0.5, 0.6) is 11.5 Å². The number of fused-ring (bicyclic) bond motifs is 1. The number of hydrogen-bond acceptors (Lipinski definition) is 4. The van der Waals surface area contributed by atoms with Gasteiger partial charge in [-0.3, -0.25) is 14.4 Å². The van der Waals surface area contributed by atoms with Crippen molar-refractivity contribution < 1.29 is 19.1 Å². The van der Waals surface area contributed by atoms with Crippen molar-refractivity contribution in [3.05, 3.63) is 83.4 Å². The third kappa shape index (κ3) is 4.31. The summed E-state index contributed by atoms with van der Waals surface area (Å²) < 4.78 is 5.93. The summed E-state index contributed by atoms with van der Waals surface area (Å²) in [6.45, 7) is 1.95. The zero-order chi connectivity index (χ0) is 23.7. The largest absolute Gasteiger partial charge is 0.457 e. The number of carbonyl (C=O) groups is 3. The minimum Gasteiger partial charge on any atom is -0.457 e. The van der Waals surface area contributed by atoms with Crippen LogP contribution < -0.4 is 15.0 Å². The molecule has 1 N–H and O–H groups in total. The highest BCUT2D eigenvalue weighted by molar-refractivity contribution is 6.34. The van der Waals surface area contributed by atoms with Crippen LogP contribution in [0, 0.1) is 12.8 Å². The van der Waals surface area contributed by atoms with Crippen LogP contribution in [0.2, 0.25) is 0 Å². The molecule has 0 unspecified atom stereocenters. The first kappa shape index (κ1) is 21.9. The van der Waals surface area contributed by atoms with Crippen LogP contribution in [-0.2, 0) is 4.79 Å². The number of hydrogen-bond donors (Lipinski definition) is 1. The molecule has 1 saturated carbocycles. The molecule has 6 heteroatoms. The van der Waals surface area contributed by atoms with E-state index < -0.39 is 0 Å². The maximum atomic E-state index is 13.0. The average molecular weight is 455 g/mol. The predicted molar refractivity (Wildman–Crippen MR) is 130 cm³/mol. The van der Waals surface area contributed by atoms with Crippen molar-refractivity contribution in [1.82, 2.24) is 0 Å². The monoisotopic (exact) mass is 454 g/mol. The highest BCUT2D eigenvalue weighted by atomic mass is 16.5. The van der Waals surface area contributed by atoms with Crippen LogP contribution in [-0.4, -0.2) is 17.7 Å². The van der Waals surface area contributed by atoms with Crippen molar-refractivity contribution in [3.8, 4) is 11.5 Å². The van der Waals surface area contributed by atoms with Gasteiger partial charge in [-0.2, -0.15) is 0 Å². The molecule has 0 aromatic heterocycles. The lowest BCUT2D eigenvalue weighted by atomic mass is 9.88. The van der Waals surface area contributed by atoms with Crippen molar-refractivity contribution in [1.29, 1.82) is 0 Å². The number of aryl methyl sites for hydroxylation is 1. The molecule has 3 aromatic carbocycles. The molecule has 1 heterocycles. The fourth-order valence-electron chi connectivity index (χ4n) is 4.56. The summed E-state index contributed by atoms with van der Waals surface area (Å²) in [5, 5.41) is 2.99. The first-order valence-electron chi connectivity index (χ1n) is 11.7. The maximum Gasteiger partial charge on any atom is 0.266 e. The van der Waals surface area contributed by atoms with Crippen molar-refractivity contribution >= 4 is 29.1 Å². The Hall–Kier alpha value is -3.93. The lowest BCUT2D eigenvalue weighted by molar-refractivity contribution is -0.120. The molecule has 5 rings (SSSR count). The van der Waals surface area contributed by atoms with Crippen molar-refractivity contribution in [2.45, 2.75) is 39.0 Å². The van der Waals surface area contributed by atoms with E-state index >= 15 is 0 Å². The molecule has 0 spiro atoms. The molecule has 1 aliphatic heterocycles. The van der Waals surface area contributed by atoms with Gasteiger partial charge >= 0.3 is 0 Å². The lowest BCUT2D eigenvalue weighted by Gasteiger charge is -2.20. The molecule has 0 atom stereocenters. The zero-order valence-corrected chi connectivity index (χ0v) is 19.0. The molecule has 0 saturated heterocycles. The number of ether oxygens (including phenoxy) is 1. The van der Waals surface area contributed by atoms with Gasteiger partial charge in [-0.15, -0.1) is 0 Å². The Morgan fingerprint density at radius 2 is 1.47 bits per heavy atom. The molecule has 1 aliphatic carbocycles. The van der Waals surface area contributed by atoms with Crippen LogP contribution in [0.4, 0.5) is 11.4 Å². The number of anilines is 2. The maximum absolute atomic E-state index is 13.0. The van der Waals surface area contributed by atoms with Gasteiger partial charge in [0.15, 0.2) is 0 Å². The van der Waals surface area contributed by atoms with Gasteiger partial charge in [0.1, 0.15) is 11.5 Å². The highest BCUT2D eigenvalue weighted by Crippen LogP contribution is 2.33. The summed E-state index contributed by atoms with van der Waals surface area (Å²) >= 11 is 0. The van der Waals surface area contributed by atoms with Gasteiger partial charge in [-0.25, -0.2) is 4.90 Å². The fraction of sp³-hybridized carbons (Fsp3) is 0.250. The van der Waals surface area contributed by atoms with E-state index in [4.69, 9.17) is 4.74 Å². The van der Waals surface area contributed by atoms with E-state index in [-0.39, 0.29) is 23.6 Å². The fourth-order valence-corrected chi connectivity index (χ4v) is 4.56. The Kier molecular flexibility index (Phi) is 5.88. The van der Waals surface area contributed by atoms with Gasteiger partial charge in [0.05, 0.1) is 16.8 Å². The third-order valence-electron chi connectivity index (χ3n) is 6.48. The Morgan fingerprint density at radius 3 is 2.18 bits per heavy atom. The third-order valence-corrected chi connectivity index (χ3v) is 6.48. The van der Waals surface area contributed by atoms with E-state index in [1.165, 1.54) is 11.3 Å². The average Bonchev–Trinajstić information content (AvgIpc) is 3.11. The number of rotatable bonds is 5. The van der Waals surface area contributed by atoms with E-state index in [9.17, 15) is 14.4 Å². The first-order valence-corrected chi connectivity index (χ1v) is 11.7. The molecule has 1 fully saturated rings. The molecule has 0 bridgehead atoms. The van der Waals surface area contributed by atoms with Crippen LogP contribution in [0.25, 0.3) is 0 Å². The number of nitrogens with one attached hydrogen (secondary N) is 1. The molecular formula is C28H26N2O4. The van der Waals surface area contributed by atoms with Crippen molar-refractivity contribution in [2.24, 2.45) is 5.92 Å². The van der Waals surface area contributed by atoms with Crippen molar-refractivity contribution in [3.63, 3.8) is 0 Å². The molecule has 172 valence electrons. The van der Waals surface area contributed by atoms with Gasteiger partial charge in [-0.1, -0.05) is 37.0 Å². The highest BCUT2D eigenvalue weighted by Gasteiger charge is 2.37. The number of carbonyl (C=O) groups excluding carboxylic acids is 3. The number of imide groups is 1. The topological polar surface area (TPSA) is 75.7 Å². The second-order valence-corrected chi connectivity index (χ2v) is 8.94. The molecule has 2 aliphatic rings. The Morgan fingerprint density at radius 1 is 0.824 bits per heavy atom. The number of amides is 3. The van der Waals surface area contributed by atoms with Crippen LogP contribution in [0.3, 0.4) is 0 Å². The lowest BCUT2D eigenvalue weighted by Crippen LogP contribution is -2.29. The van der Waals surface area contributed by atoms with E-state index in [1.807, 2.05) is 19.1 Å². The Balaban J connectivity index is 1.28. The molecule has 3 amide bonds. The second-order valence-electron chi connectivity index (χ2n) is 8.94. The smallest absolute Gasteiger partial charge is 0.266 e. The molecule has 3 aromatic rings. The van der Waals surface area contributed by atoms with E-state index in [0.717, 1.165) is 36.9 Å². The van der Waals surface area contributed by atoms with Gasteiger partial charge in [0.25, 0.3) is 11.8 Å². The van der Waals surface area contributed by atoms with Crippen molar-refractivity contribution in [2.75, 3.05) is 10.2 Å². The van der Waals surface area contributed by atoms with Crippen LogP contribution >= 0.6 is 0 Å². The zero-order valence-electron chi connectivity index (χ0n) is 19.0. The quantitative estimate of drug-likeness (QED) is 0.472. The number of nitrogens with zero attached hydrogens (tertiary/aromatic N) is 1. The summed E-state index contributed by atoms with van der Waals surface area (Å²) in [6.07, 6.45) is 5.34. The van der Waals surface area contributed by atoms with Crippen LogP contribution in [0.15, 0.2) is 66.7 Å². The molecule has 6 nitrogen and oxygen atoms in total. The minimum atomic E-state index is -0.366. The van der Waals surface area contributed by atoms with Crippen LogP contribution in [0.1, 0.15) is 58.4 Å². The van der Waals surface area contributed by atoms with Gasteiger partial charge in [-0.05, 0) is 74.4 Å². The minimum absolute atomic E-state index is 0.0771. The standard InChI is InChI=1S/C28H26N2O4/c1-18-7-11-21(12-8-18)30-27(32)24-16-15-23(17-25(24)28(30)33)34-22-13-9-20(10-14-22)29-26(31)19-5-3-2-4-6-19/h7-17,19H,2-6H2,1H3,(H,29,31). The van der Waals surface area contributed by atoms with E-state index in [0.29, 0.717) is 28.3 Å². The normalized spacial score (nSPS) is 15.9.